The second-order valence-electron chi connectivity index (χ2n) is 7.19. The molecule has 0 radical (unpaired) electrons. The summed E-state index contributed by atoms with van der Waals surface area (Å²) in [6, 6.07) is 14.9. The third kappa shape index (κ3) is 3.65. The van der Waals surface area contributed by atoms with Gasteiger partial charge >= 0.3 is 0 Å². The van der Waals surface area contributed by atoms with Crippen LogP contribution >= 0.6 is 0 Å². The molecule has 2 heterocycles. The van der Waals surface area contributed by atoms with Gasteiger partial charge in [-0.1, -0.05) is 18.2 Å². The van der Waals surface area contributed by atoms with Crippen LogP contribution in [0.15, 0.2) is 48.5 Å². The summed E-state index contributed by atoms with van der Waals surface area (Å²) < 4.78 is 10.6. The van der Waals surface area contributed by atoms with Gasteiger partial charge in [0.05, 0.1) is 32.4 Å². The SMILES string of the molecule is COc1ccc(N2C(=O)C[C@H](N3CCN(c4ccccc4)CC3)C2=O)cc1OC. The Labute approximate surface area is 170 Å². The van der Waals surface area contributed by atoms with Crippen molar-refractivity contribution in [2.45, 2.75) is 12.5 Å². The Hall–Kier alpha value is -3.06. The van der Waals surface area contributed by atoms with Gasteiger partial charge in [-0.15, -0.1) is 0 Å². The maximum absolute atomic E-state index is 13.1. The number of hydrogen-bond acceptors (Lipinski definition) is 6. The smallest absolute Gasteiger partial charge is 0.251 e. The number of carbonyl (C=O) groups excluding carboxylic acids is 2. The Morgan fingerprint density at radius 2 is 1.52 bits per heavy atom. The quantitative estimate of drug-likeness (QED) is 0.723. The fourth-order valence-electron chi connectivity index (χ4n) is 4.07. The normalized spacial score (nSPS) is 20.3. The molecular formula is C22H25N3O4. The van der Waals surface area contributed by atoms with E-state index < -0.39 is 6.04 Å². The van der Waals surface area contributed by atoms with Gasteiger partial charge in [-0.05, 0) is 24.3 Å². The van der Waals surface area contributed by atoms with Crippen molar-refractivity contribution in [3.8, 4) is 11.5 Å². The highest BCUT2D eigenvalue weighted by Gasteiger charge is 2.43. The number of anilines is 2. The van der Waals surface area contributed by atoms with Gasteiger partial charge in [0.15, 0.2) is 11.5 Å². The molecule has 2 aromatic rings. The van der Waals surface area contributed by atoms with Gasteiger partial charge in [-0.3, -0.25) is 14.5 Å². The zero-order valence-electron chi connectivity index (χ0n) is 16.7. The lowest BCUT2D eigenvalue weighted by molar-refractivity contribution is -0.123. The minimum Gasteiger partial charge on any atom is -0.493 e. The standard InChI is InChI=1S/C22H25N3O4/c1-28-19-9-8-17(14-20(19)29-2)25-21(26)15-18(22(25)27)24-12-10-23(11-13-24)16-6-4-3-5-7-16/h3-9,14,18H,10-13,15H2,1-2H3/t18-/m0/s1. The minimum atomic E-state index is -0.409. The fourth-order valence-corrected chi connectivity index (χ4v) is 4.07. The van der Waals surface area contributed by atoms with Gasteiger partial charge in [-0.25, -0.2) is 4.90 Å². The molecule has 0 spiro atoms. The number of rotatable bonds is 5. The van der Waals surface area contributed by atoms with Gasteiger partial charge < -0.3 is 14.4 Å². The van der Waals surface area contributed by atoms with Gasteiger partial charge in [0.25, 0.3) is 5.91 Å². The van der Waals surface area contributed by atoms with Gasteiger partial charge in [0, 0.05) is 37.9 Å². The van der Waals surface area contributed by atoms with Crippen LogP contribution in [0.1, 0.15) is 6.42 Å². The first-order valence-electron chi connectivity index (χ1n) is 9.75. The van der Waals surface area contributed by atoms with Crippen LogP contribution in [-0.4, -0.2) is 63.2 Å². The average Bonchev–Trinajstić information content (AvgIpc) is 3.07. The summed E-state index contributed by atoms with van der Waals surface area (Å²) in [5.41, 5.74) is 1.70. The summed E-state index contributed by atoms with van der Waals surface area (Å²) in [7, 11) is 3.08. The molecule has 0 unspecified atom stereocenters. The largest absolute Gasteiger partial charge is 0.493 e. The van der Waals surface area contributed by atoms with E-state index in [4.69, 9.17) is 9.47 Å². The van der Waals surface area contributed by atoms with Gasteiger partial charge in [-0.2, -0.15) is 0 Å². The number of piperazine rings is 1. The van der Waals surface area contributed by atoms with E-state index in [1.165, 1.54) is 17.7 Å². The molecule has 152 valence electrons. The van der Waals surface area contributed by atoms with Crippen LogP contribution in [0.5, 0.6) is 11.5 Å². The Balaban J connectivity index is 1.46. The van der Waals surface area contributed by atoms with E-state index in [9.17, 15) is 9.59 Å². The maximum Gasteiger partial charge on any atom is 0.251 e. The second-order valence-corrected chi connectivity index (χ2v) is 7.19. The topological polar surface area (TPSA) is 62.3 Å². The van der Waals surface area contributed by atoms with Crippen molar-refractivity contribution >= 4 is 23.2 Å². The van der Waals surface area contributed by atoms with Crippen molar-refractivity contribution in [2.24, 2.45) is 0 Å². The van der Waals surface area contributed by atoms with Gasteiger partial charge in [0.2, 0.25) is 5.91 Å². The van der Waals surface area contributed by atoms with E-state index in [0.29, 0.717) is 17.2 Å². The third-order valence-electron chi connectivity index (χ3n) is 5.62. The van der Waals surface area contributed by atoms with E-state index in [2.05, 4.69) is 21.9 Å². The van der Waals surface area contributed by atoms with Crippen LogP contribution in [0.4, 0.5) is 11.4 Å². The highest BCUT2D eigenvalue weighted by atomic mass is 16.5. The van der Waals surface area contributed by atoms with Crippen molar-refractivity contribution in [1.82, 2.24) is 4.90 Å². The Bertz CT molecular complexity index is 894. The zero-order chi connectivity index (χ0) is 20.4. The fraction of sp³-hybridized carbons (Fsp3) is 0.364. The lowest BCUT2D eigenvalue weighted by Crippen LogP contribution is -2.52. The van der Waals surface area contributed by atoms with Crippen molar-refractivity contribution in [3.63, 3.8) is 0 Å². The second kappa shape index (κ2) is 8.13. The monoisotopic (exact) mass is 395 g/mol. The molecule has 0 aromatic heterocycles. The molecule has 0 saturated carbocycles. The number of nitrogens with zero attached hydrogens (tertiary/aromatic N) is 3. The predicted octanol–water partition coefficient (Wildman–Crippen LogP) is 2.16. The summed E-state index contributed by atoms with van der Waals surface area (Å²) in [6.07, 6.45) is 0.207. The van der Waals surface area contributed by atoms with Crippen LogP contribution in [0.25, 0.3) is 0 Å². The molecule has 2 amide bonds. The molecule has 0 aliphatic carbocycles. The van der Waals surface area contributed by atoms with Gasteiger partial charge in [0.1, 0.15) is 0 Å². The van der Waals surface area contributed by atoms with Crippen molar-refractivity contribution in [3.05, 3.63) is 48.5 Å². The number of para-hydroxylation sites is 1. The Morgan fingerprint density at radius 1 is 0.828 bits per heavy atom. The van der Waals surface area contributed by atoms with Crippen molar-refractivity contribution in [2.75, 3.05) is 50.2 Å². The molecule has 7 heteroatoms. The number of carbonyl (C=O) groups is 2. The number of imide groups is 1. The Kier molecular flexibility index (Phi) is 5.40. The number of amides is 2. The summed E-state index contributed by atoms with van der Waals surface area (Å²) in [5, 5.41) is 0. The molecule has 2 aliphatic heterocycles. The lowest BCUT2D eigenvalue weighted by Gasteiger charge is -2.38. The molecule has 2 aliphatic rings. The maximum atomic E-state index is 13.1. The van der Waals surface area contributed by atoms with E-state index in [0.717, 1.165) is 26.2 Å². The summed E-state index contributed by atoms with van der Waals surface area (Å²) in [6.45, 7) is 3.16. The number of ether oxygens (including phenoxy) is 2. The van der Waals surface area contributed by atoms with Crippen LogP contribution in [0.3, 0.4) is 0 Å². The number of methoxy groups -OCH3 is 2. The van der Waals surface area contributed by atoms with E-state index in [1.807, 2.05) is 18.2 Å². The zero-order valence-corrected chi connectivity index (χ0v) is 16.7. The predicted molar refractivity (Wildman–Crippen MR) is 111 cm³/mol. The van der Waals surface area contributed by atoms with E-state index >= 15 is 0 Å². The van der Waals surface area contributed by atoms with E-state index in [1.54, 1.807) is 25.3 Å². The summed E-state index contributed by atoms with van der Waals surface area (Å²) in [5.74, 6) is 0.697. The van der Waals surface area contributed by atoms with Crippen molar-refractivity contribution < 1.29 is 19.1 Å². The molecule has 4 rings (SSSR count). The highest BCUT2D eigenvalue weighted by molar-refractivity contribution is 6.22. The average molecular weight is 395 g/mol. The molecule has 2 fully saturated rings. The van der Waals surface area contributed by atoms with Crippen LogP contribution in [0, 0.1) is 0 Å². The summed E-state index contributed by atoms with van der Waals surface area (Å²) >= 11 is 0. The third-order valence-corrected chi connectivity index (χ3v) is 5.62. The first kappa shape index (κ1) is 19.3. The molecule has 7 nitrogen and oxygen atoms in total. The van der Waals surface area contributed by atoms with Crippen LogP contribution < -0.4 is 19.3 Å². The van der Waals surface area contributed by atoms with Crippen LogP contribution in [-0.2, 0) is 9.59 Å². The Morgan fingerprint density at radius 3 is 2.17 bits per heavy atom. The van der Waals surface area contributed by atoms with E-state index in [-0.39, 0.29) is 18.2 Å². The molecule has 1 atom stereocenters. The molecule has 0 N–H and O–H groups in total. The minimum absolute atomic E-state index is 0.171. The van der Waals surface area contributed by atoms with Crippen molar-refractivity contribution in [1.29, 1.82) is 0 Å². The number of hydrogen-bond donors (Lipinski definition) is 0. The first-order chi connectivity index (χ1) is 14.1. The van der Waals surface area contributed by atoms with Crippen LogP contribution in [0.2, 0.25) is 0 Å². The molecule has 2 aromatic carbocycles. The first-order valence-corrected chi connectivity index (χ1v) is 9.75. The molecule has 2 saturated heterocycles. The number of benzene rings is 2. The highest BCUT2D eigenvalue weighted by Crippen LogP contribution is 2.34. The lowest BCUT2D eigenvalue weighted by atomic mass is 10.1. The molecule has 0 bridgehead atoms. The molecule has 29 heavy (non-hydrogen) atoms. The summed E-state index contributed by atoms with van der Waals surface area (Å²) in [4.78, 5) is 31.5. The molecular weight excluding hydrogens is 370 g/mol.